The highest BCUT2D eigenvalue weighted by molar-refractivity contribution is 6.36. The van der Waals surface area contributed by atoms with Gasteiger partial charge in [-0.3, -0.25) is 4.98 Å². The third kappa shape index (κ3) is 2.35. The van der Waals surface area contributed by atoms with Gasteiger partial charge >= 0.3 is 0 Å². The summed E-state index contributed by atoms with van der Waals surface area (Å²) in [6, 6.07) is 6.11. The molecule has 0 bridgehead atoms. The number of hydrogen-bond donors (Lipinski definition) is 0. The minimum Gasteiger partial charge on any atom is -0.253 e. The third-order valence-electron chi connectivity index (χ3n) is 2.57. The van der Waals surface area contributed by atoms with E-state index in [0.29, 0.717) is 0 Å². The second-order valence-electron chi connectivity index (χ2n) is 3.65. The predicted molar refractivity (Wildman–Crippen MR) is 72.3 cm³/mol. The molecule has 0 N–H and O–H groups in total. The van der Waals surface area contributed by atoms with Gasteiger partial charge in [-0.15, -0.1) is 0 Å². The molecule has 1 heterocycles. The molecule has 0 spiro atoms. The van der Waals surface area contributed by atoms with Crippen LogP contribution in [0.25, 0.3) is 10.9 Å². The van der Waals surface area contributed by atoms with Crippen molar-refractivity contribution < 1.29 is 0 Å². The summed E-state index contributed by atoms with van der Waals surface area (Å²) in [4.78, 5) is 4.45. The van der Waals surface area contributed by atoms with Gasteiger partial charge in [-0.2, -0.15) is 0 Å². The van der Waals surface area contributed by atoms with Gasteiger partial charge in [0.2, 0.25) is 0 Å². The zero-order valence-electron chi connectivity index (χ0n) is 10.6. The van der Waals surface area contributed by atoms with E-state index in [1.54, 1.807) is 0 Å². The number of rotatable bonds is 0. The monoisotopic (exact) mass is 235 g/mol. The van der Waals surface area contributed by atoms with Crippen LogP contribution >= 0.6 is 11.6 Å². The van der Waals surface area contributed by atoms with E-state index in [9.17, 15) is 0 Å². The van der Waals surface area contributed by atoms with Crippen LogP contribution in [0.5, 0.6) is 0 Å². The molecule has 16 heavy (non-hydrogen) atoms. The lowest BCUT2D eigenvalue weighted by Crippen LogP contribution is -1.89. The quantitative estimate of drug-likeness (QED) is 0.637. The Balaban J connectivity index is 0.000000606. The molecule has 2 rings (SSSR count). The molecule has 0 aliphatic carbocycles. The lowest BCUT2D eigenvalue weighted by Gasteiger charge is -2.07. The van der Waals surface area contributed by atoms with Crippen molar-refractivity contribution in [2.24, 2.45) is 0 Å². The first-order chi connectivity index (χ1) is 7.59. The van der Waals surface area contributed by atoms with Crippen molar-refractivity contribution in [2.45, 2.75) is 34.6 Å². The molecule has 0 amide bonds. The minimum atomic E-state index is 0.826. The van der Waals surface area contributed by atoms with E-state index in [-0.39, 0.29) is 0 Å². The standard InChI is InChI=1S/C12H12ClN.C2H6/c1-7-6-11-10(12(13)9(7)3)5-4-8(2)14-11;1-2/h4-6H,1-3H3;1-2H3. The first kappa shape index (κ1) is 13.0. The minimum absolute atomic E-state index is 0.826. The van der Waals surface area contributed by atoms with Crippen LogP contribution in [-0.2, 0) is 0 Å². The number of fused-ring (bicyclic) bond motifs is 1. The lowest BCUT2D eigenvalue weighted by molar-refractivity contribution is 1.24. The smallest absolute Gasteiger partial charge is 0.0722 e. The Kier molecular flexibility index (Phi) is 4.31. The van der Waals surface area contributed by atoms with Gasteiger partial charge in [0, 0.05) is 11.1 Å². The second kappa shape index (κ2) is 5.31. The molecule has 0 aliphatic rings. The Labute approximate surface area is 102 Å². The first-order valence-electron chi connectivity index (χ1n) is 5.62. The summed E-state index contributed by atoms with van der Waals surface area (Å²) in [5, 5.41) is 1.87. The molecule has 0 aliphatic heterocycles. The molecular formula is C14H18ClN. The predicted octanol–water partition coefficient (Wildman–Crippen LogP) is 4.84. The molecule has 2 aromatic rings. The van der Waals surface area contributed by atoms with Crippen molar-refractivity contribution in [3.05, 3.63) is 40.0 Å². The van der Waals surface area contributed by atoms with Crippen molar-refractivity contribution in [1.29, 1.82) is 0 Å². The van der Waals surface area contributed by atoms with Crippen molar-refractivity contribution in [1.82, 2.24) is 4.98 Å². The fourth-order valence-corrected chi connectivity index (χ4v) is 1.87. The summed E-state index contributed by atoms with van der Waals surface area (Å²) in [6.07, 6.45) is 0. The molecule has 0 atom stereocenters. The van der Waals surface area contributed by atoms with Gasteiger partial charge in [0.25, 0.3) is 0 Å². The first-order valence-corrected chi connectivity index (χ1v) is 6.00. The van der Waals surface area contributed by atoms with Crippen LogP contribution in [0.15, 0.2) is 18.2 Å². The van der Waals surface area contributed by atoms with E-state index in [1.807, 2.05) is 39.8 Å². The van der Waals surface area contributed by atoms with Crippen molar-refractivity contribution >= 4 is 22.5 Å². The molecule has 0 saturated carbocycles. The molecular weight excluding hydrogens is 218 g/mol. The number of aryl methyl sites for hydroxylation is 2. The van der Waals surface area contributed by atoms with Gasteiger partial charge in [-0.1, -0.05) is 25.4 Å². The number of aromatic nitrogens is 1. The number of hydrogen-bond acceptors (Lipinski definition) is 1. The third-order valence-corrected chi connectivity index (χ3v) is 3.06. The fourth-order valence-electron chi connectivity index (χ4n) is 1.56. The second-order valence-corrected chi connectivity index (χ2v) is 4.03. The van der Waals surface area contributed by atoms with Crippen molar-refractivity contribution in [3.63, 3.8) is 0 Å². The van der Waals surface area contributed by atoms with E-state index in [4.69, 9.17) is 11.6 Å². The summed E-state index contributed by atoms with van der Waals surface area (Å²) in [5.74, 6) is 0. The van der Waals surface area contributed by atoms with Crippen LogP contribution in [0.2, 0.25) is 5.02 Å². The average Bonchev–Trinajstić information content (AvgIpc) is 2.28. The Hall–Kier alpha value is -1.08. The molecule has 0 fully saturated rings. The largest absolute Gasteiger partial charge is 0.253 e. The van der Waals surface area contributed by atoms with Crippen molar-refractivity contribution in [2.75, 3.05) is 0 Å². The topological polar surface area (TPSA) is 12.9 Å². The van der Waals surface area contributed by atoms with Gasteiger partial charge in [-0.25, -0.2) is 0 Å². The van der Waals surface area contributed by atoms with Crippen LogP contribution in [0, 0.1) is 20.8 Å². The van der Waals surface area contributed by atoms with Crippen LogP contribution in [0.3, 0.4) is 0 Å². The van der Waals surface area contributed by atoms with Crippen LogP contribution in [-0.4, -0.2) is 4.98 Å². The average molecular weight is 236 g/mol. The molecule has 1 aromatic heterocycles. The molecule has 86 valence electrons. The molecule has 0 saturated heterocycles. The normalized spacial score (nSPS) is 9.88. The molecule has 1 aromatic carbocycles. The van der Waals surface area contributed by atoms with Crippen LogP contribution in [0.1, 0.15) is 30.7 Å². The Morgan fingerprint density at radius 1 is 1.06 bits per heavy atom. The van der Waals surface area contributed by atoms with E-state index >= 15 is 0 Å². The van der Waals surface area contributed by atoms with E-state index < -0.39 is 0 Å². The molecule has 1 nitrogen and oxygen atoms in total. The summed E-state index contributed by atoms with van der Waals surface area (Å²) < 4.78 is 0. The summed E-state index contributed by atoms with van der Waals surface area (Å²) in [7, 11) is 0. The van der Waals surface area contributed by atoms with Crippen LogP contribution in [0.4, 0.5) is 0 Å². The van der Waals surface area contributed by atoms with Gasteiger partial charge in [0.15, 0.2) is 0 Å². The van der Waals surface area contributed by atoms with Gasteiger partial charge < -0.3 is 0 Å². The highest BCUT2D eigenvalue weighted by Gasteiger charge is 2.06. The Bertz CT molecular complexity index is 504. The fraction of sp³-hybridized carbons (Fsp3) is 0.357. The van der Waals surface area contributed by atoms with Crippen molar-refractivity contribution in [3.8, 4) is 0 Å². The van der Waals surface area contributed by atoms with E-state index in [2.05, 4.69) is 18.0 Å². The molecule has 2 heteroatoms. The Morgan fingerprint density at radius 2 is 1.69 bits per heavy atom. The van der Waals surface area contributed by atoms with Gasteiger partial charge in [0.1, 0.15) is 0 Å². The number of halogens is 1. The summed E-state index contributed by atoms with van der Waals surface area (Å²) in [5.41, 5.74) is 4.35. The maximum absolute atomic E-state index is 6.24. The SMILES string of the molecule is CC.Cc1ccc2c(Cl)c(C)c(C)cc2n1. The van der Waals surface area contributed by atoms with E-state index in [0.717, 1.165) is 27.2 Å². The lowest BCUT2D eigenvalue weighted by atomic mass is 10.1. The summed E-state index contributed by atoms with van der Waals surface area (Å²) in [6.45, 7) is 10.1. The number of pyridine rings is 1. The zero-order valence-corrected chi connectivity index (χ0v) is 11.3. The molecule has 0 unspecified atom stereocenters. The summed E-state index contributed by atoms with van der Waals surface area (Å²) >= 11 is 6.24. The Morgan fingerprint density at radius 3 is 2.31 bits per heavy atom. The number of benzene rings is 1. The van der Waals surface area contributed by atoms with Gasteiger partial charge in [-0.05, 0) is 50.1 Å². The maximum atomic E-state index is 6.24. The maximum Gasteiger partial charge on any atom is 0.0722 e. The highest BCUT2D eigenvalue weighted by Crippen LogP contribution is 2.28. The van der Waals surface area contributed by atoms with E-state index in [1.165, 1.54) is 5.56 Å². The van der Waals surface area contributed by atoms with Gasteiger partial charge in [0.05, 0.1) is 10.5 Å². The van der Waals surface area contributed by atoms with Crippen LogP contribution < -0.4 is 0 Å². The highest BCUT2D eigenvalue weighted by atomic mass is 35.5. The molecule has 0 radical (unpaired) electrons. The number of nitrogens with zero attached hydrogens (tertiary/aromatic N) is 1. The zero-order chi connectivity index (χ0) is 12.3.